The van der Waals surface area contributed by atoms with E-state index >= 15 is 0 Å². The molecule has 0 aliphatic heterocycles. The van der Waals surface area contributed by atoms with Gasteiger partial charge in [-0.2, -0.15) is 0 Å². The second kappa shape index (κ2) is 7.85. The van der Waals surface area contributed by atoms with E-state index in [9.17, 15) is 9.90 Å². The largest absolute Gasteiger partial charge is 0.494 e. The molecule has 2 rings (SSSR count). The number of carboxylic acid groups (broad SMARTS) is 1. The van der Waals surface area contributed by atoms with Crippen molar-refractivity contribution < 1.29 is 14.6 Å². The van der Waals surface area contributed by atoms with Crippen molar-refractivity contribution in [2.24, 2.45) is 0 Å². The van der Waals surface area contributed by atoms with Crippen LogP contribution in [-0.4, -0.2) is 17.7 Å². The fourth-order valence-electron chi connectivity index (χ4n) is 2.28. The highest BCUT2D eigenvalue weighted by Crippen LogP contribution is 2.23. The SMILES string of the molecule is CCc1cccc(OCCC(C(=O)O)c2ccc(Cl)cc2)c1. The van der Waals surface area contributed by atoms with Crippen LogP contribution < -0.4 is 4.74 Å². The Labute approximate surface area is 135 Å². The van der Waals surface area contributed by atoms with Crippen molar-refractivity contribution in [1.29, 1.82) is 0 Å². The van der Waals surface area contributed by atoms with Crippen LogP contribution in [-0.2, 0) is 11.2 Å². The zero-order chi connectivity index (χ0) is 15.9. The van der Waals surface area contributed by atoms with Gasteiger partial charge in [0.1, 0.15) is 5.75 Å². The molecule has 1 atom stereocenters. The Kier molecular flexibility index (Phi) is 5.84. The molecule has 0 fully saturated rings. The predicted octanol–water partition coefficient (Wildman–Crippen LogP) is 4.54. The first-order valence-corrected chi connectivity index (χ1v) is 7.68. The lowest BCUT2D eigenvalue weighted by molar-refractivity contribution is -0.139. The first kappa shape index (κ1) is 16.4. The molecule has 3 nitrogen and oxygen atoms in total. The van der Waals surface area contributed by atoms with E-state index in [0.717, 1.165) is 17.7 Å². The predicted molar refractivity (Wildman–Crippen MR) is 87.8 cm³/mol. The monoisotopic (exact) mass is 318 g/mol. The molecule has 22 heavy (non-hydrogen) atoms. The number of carbonyl (C=O) groups is 1. The number of hydrogen-bond donors (Lipinski definition) is 1. The Morgan fingerprint density at radius 2 is 1.95 bits per heavy atom. The number of aliphatic carboxylic acids is 1. The van der Waals surface area contributed by atoms with Gasteiger partial charge in [0.2, 0.25) is 0 Å². The number of benzene rings is 2. The Morgan fingerprint density at radius 1 is 1.23 bits per heavy atom. The lowest BCUT2D eigenvalue weighted by Gasteiger charge is -2.14. The van der Waals surface area contributed by atoms with Gasteiger partial charge in [0.05, 0.1) is 12.5 Å². The van der Waals surface area contributed by atoms with E-state index < -0.39 is 11.9 Å². The highest BCUT2D eigenvalue weighted by molar-refractivity contribution is 6.30. The maximum atomic E-state index is 11.4. The van der Waals surface area contributed by atoms with Crippen LogP contribution in [0.3, 0.4) is 0 Å². The van der Waals surface area contributed by atoms with E-state index in [-0.39, 0.29) is 0 Å². The second-order valence-corrected chi connectivity index (χ2v) is 5.52. The molecule has 116 valence electrons. The molecular weight excluding hydrogens is 300 g/mol. The molecule has 4 heteroatoms. The Hall–Kier alpha value is -2.00. The Balaban J connectivity index is 1.97. The topological polar surface area (TPSA) is 46.5 Å². The fraction of sp³-hybridized carbons (Fsp3) is 0.278. The average molecular weight is 319 g/mol. The van der Waals surface area contributed by atoms with Crippen molar-refractivity contribution in [1.82, 2.24) is 0 Å². The van der Waals surface area contributed by atoms with Crippen molar-refractivity contribution >= 4 is 17.6 Å². The summed E-state index contributed by atoms with van der Waals surface area (Å²) in [5.74, 6) is -0.667. The highest BCUT2D eigenvalue weighted by atomic mass is 35.5. The van der Waals surface area contributed by atoms with E-state index in [4.69, 9.17) is 16.3 Å². The molecule has 1 unspecified atom stereocenters. The van der Waals surface area contributed by atoms with Crippen LogP contribution in [0.2, 0.25) is 5.02 Å². The normalized spacial score (nSPS) is 11.9. The summed E-state index contributed by atoms with van der Waals surface area (Å²) >= 11 is 5.84. The summed E-state index contributed by atoms with van der Waals surface area (Å²) < 4.78 is 5.68. The van der Waals surface area contributed by atoms with Crippen LogP contribution in [0.25, 0.3) is 0 Å². The van der Waals surface area contributed by atoms with Crippen LogP contribution in [0.15, 0.2) is 48.5 Å². The standard InChI is InChI=1S/C18H19ClO3/c1-2-13-4-3-5-16(12-13)22-11-10-17(18(20)21)14-6-8-15(19)9-7-14/h3-9,12,17H,2,10-11H2,1H3,(H,20,21). The van der Waals surface area contributed by atoms with Gasteiger partial charge in [-0.15, -0.1) is 0 Å². The molecule has 1 N–H and O–H groups in total. The third-order valence-electron chi connectivity index (χ3n) is 3.55. The van der Waals surface area contributed by atoms with Crippen molar-refractivity contribution in [3.8, 4) is 5.75 Å². The average Bonchev–Trinajstić information content (AvgIpc) is 2.52. The van der Waals surface area contributed by atoms with Crippen molar-refractivity contribution in [3.05, 3.63) is 64.7 Å². The van der Waals surface area contributed by atoms with E-state index in [1.807, 2.05) is 24.3 Å². The number of rotatable bonds is 7. The molecule has 0 aromatic heterocycles. The lowest BCUT2D eigenvalue weighted by atomic mass is 9.96. The maximum absolute atomic E-state index is 11.4. The summed E-state index contributed by atoms with van der Waals surface area (Å²) in [6.07, 6.45) is 1.35. The van der Waals surface area contributed by atoms with Gasteiger partial charge in [-0.25, -0.2) is 0 Å². The van der Waals surface area contributed by atoms with Gasteiger partial charge in [-0.1, -0.05) is 42.8 Å². The van der Waals surface area contributed by atoms with Crippen molar-refractivity contribution in [2.45, 2.75) is 25.7 Å². The van der Waals surface area contributed by atoms with Crippen LogP contribution >= 0.6 is 11.6 Å². The molecule has 0 saturated carbocycles. The first-order chi connectivity index (χ1) is 10.6. The summed E-state index contributed by atoms with van der Waals surface area (Å²) in [5.41, 5.74) is 1.94. The van der Waals surface area contributed by atoms with Gasteiger partial charge >= 0.3 is 5.97 Å². The molecule has 2 aromatic rings. The number of hydrogen-bond acceptors (Lipinski definition) is 2. The maximum Gasteiger partial charge on any atom is 0.311 e. The van der Waals surface area contributed by atoms with Crippen LogP contribution in [0.1, 0.15) is 30.4 Å². The zero-order valence-electron chi connectivity index (χ0n) is 12.5. The van der Waals surface area contributed by atoms with Gasteiger partial charge in [0, 0.05) is 5.02 Å². The summed E-state index contributed by atoms with van der Waals surface area (Å²) in [5, 5.41) is 9.98. The van der Waals surface area contributed by atoms with Crippen molar-refractivity contribution in [2.75, 3.05) is 6.61 Å². The van der Waals surface area contributed by atoms with Gasteiger partial charge in [0.25, 0.3) is 0 Å². The smallest absolute Gasteiger partial charge is 0.311 e. The van der Waals surface area contributed by atoms with Gasteiger partial charge in [-0.3, -0.25) is 4.79 Å². The molecular formula is C18H19ClO3. The third-order valence-corrected chi connectivity index (χ3v) is 3.80. The number of carboxylic acids is 1. The molecule has 0 saturated heterocycles. The molecule has 2 aromatic carbocycles. The molecule has 0 aliphatic carbocycles. The van der Waals surface area contributed by atoms with Gasteiger partial charge in [0.15, 0.2) is 0 Å². The van der Waals surface area contributed by atoms with E-state index in [1.54, 1.807) is 24.3 Å². The first-order valence-electron chi connectivity index (χ1n) is 7.30. The molecule has 0 radical (unpaired) electrons. The second-order valence-electron chi connectivity index (χ2n) is 5.08. The zero-order valence-corrected chi connectivity index (χ0v) is 13.2. The quantitative estimate of drug-likeness (QED) is 0.815. The minimum atomic E-state index is -0.853. The summed E-state index contributed by atoms with van der Waals surface area (Å²) in [7, 11) is 0. The molecule has 0 aliphatic rings. The van der Waals surface area contributed by atoms with E-state index in [0.29, 0.717) is 18.1 Å². The van der Waals surface area contributed by atoms with Crippen molar-refractivity contribution in [3.63, 3.8) is 0 Å². The fourth-order valence-corrected chi connectivity index (χ4v) is 2.40. The molecule has 0 spiro atoms. The Bertz CT molecular complexity index is 622. The number of halogens is 1. The van der Waals surface area contributed by atoms with Gasteiger partial charge < -0.3 is 9.84 Å². The van der Waals surface area contributed by atoms with Crippen LogP contribution in [0.5, 0.6) is 5.75 Å². The van der Waals surface area contributed by atoms with E-state index in [2.05, 4.69) is 6.92 Å². The van der Waals surface area contributed by atoms with Crippen LogP contribution in [0, 0.1) is 0 Å². The third kappa shape index (κ3) is 4.50. The summed E-state index contributed by atoms with van der Waals surface area (Å²) in [4.78, 5) is 11.4. The van der Waals surface area contributed by atoms with E-state index in [1.165, 1.54) is 5.56 Å². The Morgan fingerprint density at radius 3 is 2.59 bits per heavy atom. The molecule has 0 bridgehead atoms. The number of ether oxygens (including phenoxy) is 1. The minimum Gasteiger partial charge on any atom is -0.494 e. The molecule has 0 heterocycles. The number of aryl methyl sites for hydroxylation is 1. The lowest BCUT2D eigenvalue weighted by Crippen LogP contribution is -2.15. The van der Waals surface area contributed by atoms with Crippen LogP contribution in [0.4, 0.5) is 0 Å². The van der Waals surface area contributed by atoms with Gasteiger partial charge in [-0.05, 0) is 48.2 Å². The highest BCUT2D eigenvalue weighted by Gasteiger charge is 2.19. The summed E-state index contributed by atoms with van der Waals surface area (Å²) in [6.45, 7) is 2.44. The minimum absolute atomic E-state index is 0.354. The molecule has 0 amide bonds. The summed E-state index contributed by atoms with van der Waals surface area (Å²) in [6, 6.07) is 14.8.